The van der Waals surface area contributed by atoms with Crippen molar-refractivity contribution in [1.82, 2.24) is 35.2 Å². The number of hydrogen-bond donors (Lipinski definition) is 4. The Labute approximate surface area is 280 Å². The van der Waals surface area contributed by atoms with E-state index in [2.05, 4.69) is 31.8 Å². The predicted octanol–water partition coefficient (Wildman–Crippen LogP) is 3.38. The quantitative estimate of drug-likeness (QED) is 0.0613. The molecule has 3 atom stereocenters. The number of rotatable bonds is 15. The minimum Gasteiger partial charge on any atom is -0.487 e. The fraction of sp³-hybridized carbons (Fsp3) is 0.545. The molecule has 256 valence electrons. The Bertz CT molecular complexity index is 1540. The summed E-state index contributed by atoms with van der Waals surface area (Å²) < 4.78 is 25.1. The molecule has 2 bridgehead atoms. The zero-order valence-electron chi connectivity index (χ0n) is 27.5. The number of anilines is 2. The first-order valence-corrected chi connectivity index (χ1v) is 16.6. The third kappa shape index (κ3) is 7.69. The molecule has 3 aromatic rings. The van der Waals surface area contributed by atoms with Gasteiger partial charge in [-0.15, -0.1) is 5.10 Å². The number of hydrogen-bond acceptors (Lipinski definition) is 13. The lowest BCUT2D eigenvalue weighted by Crippen LogP contribution is -2.52. The van der Waals surface area contributed by atoms with Crippen LogP contribution in [0.5, 0.6) is 11.6 Å². The Kier molecular flexibility index (Phi) is 11.0. The van der Waals surface area contributed by atoms with E-state index in [0.717, 1.165) is 56.4 Å². The molecule has 1 aliphatic carbocycles. The van der Waals surface area contributed by atoms with Crippen molar-refractivity contribution in [3.8, 4) is 28.8 Å². The lowest BCUT2D eigenvalue weighted by Gasteiger charge is -2.43. The summed E-state index contributed by atoms with van der Waals surface area (Å²) in [6, 6.07) is 9.57. The Hall–Kier alpha value is -4.33. The van der Waals surface area contributed by atoms with Gasteiger partial charge in [-0.3, -0.25) is 25.8 Å². The molecule has 1 unspecified atom stereocenters. The highest BCUT2D eigenvalue weighted by atomic mass is 16.5. The van der Waals surface area contributed by atoms with E-state index in [1.807, 2.05) is 23.9 Å². The van der Waals surface area contributed by atoms with E-state index in [9.17, 15) is 5.26 Å². The Morgan fingerprint density at radius 3 is 2.46 bits per heavy atom. The van der Waals surface area contributed by atoms with Crippen LogP contribution in [-0.2, 0) is 9.47 Å². The number of benzene rings is 1. The van der Waals surface area contributed by atoms with E-state index in [0.29, 0.717) is 72.8 Å². The number of methoxy groups -OCH3 is 1. The summed E-state index contributed by atoms with van der Waals surface area (Å²) in [5.41, 5.74) is 5.04. The van der Waals surface area contributed by atoms with Crippen LogP contribution in [0, 0.1) is 16.7 Å². The third-order valence-corrected chi connectivity index (χ3v) is 9.42. The molecule has 3 fully saturated rings. The summed E-state index contributed by atoms with van der Waals surface area (Å²) >= 11 is 0. The van der Waals surface area contributed by atoms with E-state index in [1.54, 1.807) is 31.6 Å². The number of nitriles is 1. The van der Waals surface area contributed by atoms with Gasteiger partial charge in [0.25, 0.3) is 5.88 Å². The average molecular weight is 660 g/mol. The van der Waals surface area contributed by atoms with Crippen LogP contribution >= 0.6 is 0 Å². The van der Waals surface area contributed by atoms with Crippen LogP contribution in [-0.4, -0.2) is 100 Å². The van der Waals surface area contributed by atoms with E-state index >= 15 is 0 Å². The first kappa shape index (κ1) is 33.6. The summed E-state index contributed by atoms with van der Waals surface area (Å²) in [4.78, 5) is 11.9. The number of nitrogens with one attached hydrogen (secondary N) is 3. The van der Waals surface area contributed by atoms with Crippen LogP contribution in [0.2, 0.25) is 0 Å². The van der Waals surface area contributed by atoms with Crippen LogP contribution in [0.1, 0.15) is 57.1 Å². The summed E-state index contributed by atoms with van der Waals surface area (Å²) in [6.07, 6.45) is 13.1. The maximum absolute atomic E-state index is 9.63. The van der Waals surface area contributed by atoms with Crippen LogP contribution in [0.3, 0.4) is 0 Å². The van der Waals surface area contributed by atoms with Gasteiger partial charge >= 0.3 is 0 Å². The zero-order chi connectivity index (χ0) is 33.5. The highest BCUT2D eigenvalue weighted by molar-refractivity contribution is 5.67. The van der Waals surface area contributed by atoms with Gasteiger partial charge in [0.1, 0.15) is 30.2 Å². The molecule has 0 radical (unpaired) electrons. The second kappa shape index (κ2) is 15.7. The topological polar surface area (TPSA) is 185 Å². The fourth-order valence-corrected chi connectivity index (χ4v) is 7.08. The van der Waals surface area contributed by atoms with Gasteiger partial charge in [0.05, 0.1) is 50.5 Å². The van der Waals surface area contributed by atoms with Crippen LogP contribution < -0.4 is 26.2 Å². The van der Waals surface area contributed by atoms with Gasteiger partial charge in [-0.05, 0) is 63.1 Å². The summed E-state index contributed by atoms with van der Waals surface area (Å²) in [5.74, 6) is 6.74. The van der Waals surface area contributed by atoms with E-state index in [1.165, 1.54) is 17.9 Å². The van der Waals surface area contributed by atoms with Crippen molar-refractivity contribution in [3.63, 3.8) is 0 Å². The first-order valence-electron chi connectivity index (χ1n) is 16.6. The molecule has 2 saturated heterocycles. The molecule has 15 heteroatoms. The number of nitrogens with zero attached hydrogens (tertiary/aromatic N) is 7. The van der Waals surface area contributed by atoms with Crippen molar-refractivity contribution in [3.05, 3.63) is 42.4 Å². The van der Waals surface area contributed by atoms with E-state index in [-0.39, 0.29) is 6.10 Å². The van der Waals surface area contributed by atoms with Crippen LogP contribution in [0.25, 0.3) is 11.1 Å². The summed E-state index contributed by atoms with van der Waals surface area (Å²) in [5, 5.41) is 26.6. The number of morpholine rings is 1. The molecule has 5 N–H and O–H groups in total. The molecule has 2 aromatic heterocycles. The number of hydrazine groups is 2. The Balaban J connectivity index is 1.13. The molecule has 6 rings (SSSR count). The van der Waals surface area contributed by atoms with Gasteiger partial charge < -0.3 is 24.3 Å². The van der Waals surface area contributed by atoms with Crippen molar-refractivity contribution < 1.29 is 18.9 Å². The number of aromatic nitrogens is 4. The highest BCUT2D eigenvalue weighted by Crippen LogP contribution is 2.39. The van der Waals surface area contributed by atoms with E-state index in [4.69, 9.17) is 35.3 Å². The molecule has 48 heavy (non-hydrogen) atoms. The number of nitrogens with two attached hydrogens (primary N) is 1. The second-order valence-corrected chi connectivity index (χ2v) is 12.6. The molecule has 1 aromatic carbocycles. The van der Waals surface area contributed by atoms with Gasteiger partial charge in [-0.1, -0.05) is 6.07 Å². The summed E-state index contributed by atoms with van der Waals surface area (Å²) in [7, 11) is 1.64. The molecule has 3 aliphatic rings. The maximum Gasteiger partial charge on any atom is 0.257 e. The first-order chi connectivity index (χ1) is 23.5. The van der Waals surface area contributed by atoms with Crippen LogP contribution in [0.15, 0.2) is 36.8 Å². The normalized spacial score (nSPS) is 22.9. The largest absolute Gasteiger partial charge is 0.487 e. The van der Waals surface area contributed by atoms with Crippen molar-refractivity contribution in [1.29, 1.82) is 10.7 Å². The second-order valence-electron chi connectivity index (χ2n) is 12.6. The van der Waals surface area contributed by atoms with Gasteiger partial charge in [0.15, 0.2) is 0 Å². The fourth-order valence-electron chi connectivity index (χ4n) is 7.08. The maximum atomic E-state index is 9.63. The van der Waals surface area contributed by atoms with Crippen molar-refractivity contribution in [2.24, 2.45) is 5.84 Å². The molecule has 2 aliphatic heterocycles. The minimum absolute atomic E-state index is 0.291. The van der Waals surface area contributed by atoms with Crippen molar-refractivity contribution >= 4 is 18.0 Å². The minimum atomic E-state index is -0.357. The third-order valence-electron chi connectivity index (χ3n) is 9.42. The molecule has 15 nitrogen and oxygen atoms in total. The van der Waals surface area contributed by atoms with Crippen molar-refractivity contribution in [2.75, 3.05) is 45.4 Å². The smallest absolute Gasteiger partial charge is 0.257 e. The van der Waals surface area contributed by atoms with Gasteiger partial charge in [0.2, 0.25) is 5.95 Å². The SMILES string of the molecule is COCCOc1nn(C2CCC(N3C4CC[C@@H]3COC4)CC2)cc1Nc1ncc(-c2ccc(C#N)c(O[C@@H](C)CN(C=N)NN)c2)cn1. The monoisotopic (exact) mass is 659 g/mol. The van der Waals surface area contributed by atoms with Gasteiger partial charge in [-0.25, -0.2) is 9.97 Å². The number of ether oxygens (including phenoxy) is 4. The number of fused-ring (bicyclic) bond motifs is 2. The molecule has 0 spiro atoms. The lowest BCUT2D eigenvalue weighted by molar-refractivity contribution is -0.0458. The van der Waals surface area contributed by atoms with E-state index < -0.39 is 0 Å². The Morgan fingerprint density at radius 1 is 1.08 bits per heavy atom. The molecular formula is C33H45N11O4. The Morgan fingerprint density at radius 2 is 1.79 bits per heavy atom. The lowest BCUT2D eigenvalue weighted by atomic mass is 9.89. The van der Waals surface area contributed by atoms with Crippen LogP contribution in [0.4, 0.5) is 11.6 Å². The molecule has 4 heterocycles. The van der Waals surface area contributed by atoms with Gasteiger partial charge in [-0.2, -0.15) is 10.8 Å². The zero-order valence-corrected chi connectivity index (χ0v) is 27.5. The van der Waals surface area contributed by atoms with Gasteiger partial charge in [0, 0.05) is 43.2 Å². The molecule has 1 saturated carbocycles. The molecule has 0 amide bonds. The average Bonchev–Trinajstić information content (AvgIpc) is 3.63. The predicted molar refractivity (Wildman–Crippen MR) is 179 cm³/mol. The summed E-state index contributed by atoms with van der Waals surface area (Å²) in [6.45, 7) is 4.71. The van der Waals surface area contributed by atoms with Crippen molar-refractivity contribution in [2.45, 2.75) is 75.7 Å². The standard InChI is InChI=1S/C33H45N11O4/c1-22(17-42(21-35)41-36)48-31-13-23(3-4-24(31)14-34)25-15-37-33(38-16-25)39-30-18-43(40-32(30)47-12-11-45-2)26-5-7-27(8-6-26)44-28-9-10-29(44)20-46-19-28/h3-4,13,15-16,18,21-22,26-29,35,41H,5-12,17,19-20,36H2,1-2H3,(H,37,38,39)/t22-,26?,27?,28+,29?/m0/s1. The highest BCUT2D eigenvalue weighted by Gasteiger charge is 2.42. The molecular weight excluding hydrogens is 614 g/mol.